The summed E-state index contributed by atoms with van der Waals surface area (Å²) in [6, 6.07) is 8.03. The molecule has 7 heteroatoms. The monoisotopic (exact) mass is 330 g/mol. The van der Waals surface area contributed by atoms with E-state index in [1.807, 2.05) is 0 Å². The van der Waals surface area contributed by atoms with Crippen LogP contribution in [0.2, 0.25) is 15.1 Å². The molecule has 0 fully saturated rings. The summed E-state index contributed by atoms with van der Waals surface area (Å²) >= 11 is 17.3. The van der Waals surface area contributed by atoms with Gasteiger partial charge in [0.25, 0.3) is 5.56 Å². The molecule has 4 nitrogen and oxygen atoms in total. The molecule has 20 heavy (non-hydrogen) atoms. The Hall–Kier alpha value is -1.49. The van der Waals surface area contributed by atoms with E-state index in [1.54, 1.807) is 24.3 Å². The molecule has 1 aromatic heterocycles. The number of carbonyl (C=O) groups excluding carboxylic acids is 1. The van der Waals surface area contributed by atoms with Crippen molar-refractivity contribution < 1.29 is 4.79 Å². The fourth-order valence-corrected chi connectivity index (χ4v) is 2.30. The maximum Gasteiger partial charge on any atom is 0.269 e. The maximum absolute atomic E-state index is 11.9. The van der Waals surface area contributed by atoms with E-state index in [4.69, 9.17) is 34.8 Å². The minimum absolute atomic E-state index is 0.0342. The second-order valence-electron chi connectivity index (χ2n) is 4.00. The highest BCUT2D eigenvalue weighted by Gasteiger charge is 2.08. The van der Waals surface area contributed by atoms with Crippen molar-refractivity contribution in [1.29, 1.82) is 0 Å². The van der Waals surface area contributed by atoms with Crippen LogP contribution in [0, 0.1) is 0 Å². The van der Waals surface area contributed by atoms with Gasteiger partial charge in [-0.15, -0.1) is 0 Å². The van der Waals surface area contributed by atoms with Crippen molar-refractivity contribution in [3.63, 3.8) is 0 Å². The van der Waals surface area contributed by atoms with Crippen LogP contribution < -0.4 is 10.9 Å². The molecule has 2 rings (SSSR count). The first-order valence-corrected chi connectivity index (χ1v) is 6.70. The lowest BCUT2D eigenvalue weighted by atomic mass is 10.3. The van der Waals surface area contributed by atoms with Crippen molar-refractivity contribution in [3.8, 4) is 0 Å². The molecule has 0 aliphatic carbocycles. The van der Waals surface area contributed by atoms with E-state index in [2.05, 4.69) is 5.32 Å². The van der Waals surface area contributed by atoms with Gasteiger partial charge < -0.3 is 9.88 Å². The zero-order valence-corrected chi connectivity index (χ0v) is 12.3. The Morgan fingerprint density at radius 1 is 1.15 bits per heavy atom. The van der Waals surface area contributed by atoms with Gasteiger partial charge in [-0.2, -0.15) is 0 Å². The SMILES string of the molecule is O=C(Cn1cc(Cl)cc(Cl)c1=O)Nc1cccc(Cl)c1. The summed E-state index contributed by atoms with van der Waals surface area (Å²) in [5, 5.41) is 3.38. The fourth-order valence-electron chi connectivity index (χ4n) is 1.60. The van der Waals surface area contributed by atoms with Crippen molar-refractivity contribution >= 4 is 46.4 Å². The third-order valence-corrected chi connectivity index (χ3v) is 3.14. The summed E-state index contributed by atoms with van der Waals surface area (Å²) in [6.45, 7) is -0.189. The first-order valence-electron chi connectivity index (χ1n) is 5.56. The maximum atomic E-state index is 11.9. The van der Waals surface area contributed by atoms with E-state index in [-0.39, 0.29) is 22.5 Å². The van der Waals surface area contributed by atoms with Gasteiger partial charge in [0.05, 0.1) is 5.02 Å². The number of nitrogens with one attached hydrogen (secondary N) is 1. The minimum atomic E-state index is -0.475. The van der Waals surface area contributed by atoms with Gasteiger partial charge in [0.1, 0.15) is 11.6 Å². The molecular formula is C13H9Cl3N2O2. The zero-order chi connectivity index (χ0) is 14.7. The number of hydrogen-bond acceptors (Lipinski definition) is 2. The lowest BCUT2D eigenvalue weighted by Crippen LogP contribution is -2.27. The van der Waals surface area contributed by atoms with Crippen molar-refractivity contribution in [1.82, 2.24) is 4.57 Å². The number of anilines is 1. The number of nitrogens with zero attached hydrogens (tertiary/aromatic N) is 1. The molecule has 0 spiro atoms. The molecule has 0 unspecified atom stereocenters. The van der Waals surface area contributed by atoms with E-state index in [1.165, 1.54) is 12.3 Å². The molecule has 0 aliphatic heterocycles. The number of rotatable bonds is 3. The molecule has 104 valence electrons. The largest absolute Gasteiger partial charge is 0.324 e. The summed E-state index contributed by atoms with van der Waals surface area (Å²) < 4.78 is 1.14. The van der Waals surface area contributed by atoms with Crippen molar-refractivity contribution in [2.75, 3.05) is 5.32 Å². The van der Waals surface area contributed by atoms with Crippen LogP contribution in [0.25, 0.3) is 0 Å². The van der Waals surface area contributed by atoms with E-state index >= 15 is 0 Å². The van der Waals surface area contributed by atoms with Crippen LogP contribution in [0.15, 0.2) is 41.3 Å². The van der Waals surface area contributed by atoms with Crippen LogP contribution in [0.4, 0.5) is 5.69 Å². The van der Waals surface area contributed by atoms with Gasteiger partial charge in [0.15, 0.2) is 0 Å². The van der Waals surface area contributed by atoms with E-state index in [0.29, 0.717) is 10.7 Å². The molecule has 1 amide bonds. The highest BCUT2D eigenvalue weighted by Crippen LogP contribution is 2.15. The number of aromatic nitrogens is 1. The molecule has 0 saturated heterocycles. The van der Waals surface area contributed by atoms with E-state index in [9.17, 15) is 9.59 Å². The van der Waals surface area contributed by atoms with Gasteiger partial charge in [0, 0.05) is 16.9 Å². The molecule has 1 heterocycles. The lowest BCUT2D eigenvalue weighted by Gasteiger charge is -2.08. The fraction of sp³-hybridized carbons (Fsp3) is 0.0769. The van der Waals surface area contributed by atoms with Gasteiger partial charge in [-0.1, -0.05) is 40.9 Å². The average molecular weight is 332 g/mol. The molecule has 0 atom stereocenters. The molecule has 1 aromatic carbocycles. The van der Waals surface area contributed by atoms with Crippen LogP contribution in [0.1, 0.15) is 0 Å². The first-order chi connectivity index (χ1) is 9.45. The van der Waals surface area contributed by atoms with Crippen LogP contribution in [-0.4, -0.2) is 10.5 Å². The predicted octanol–water partition coefficient (Wildman–Crippen LogP) is 3.45. The molecule has 1 N–H and O–H groups in total. The molecule has 0 bridgehead atoms. The Bertz CT molecular complexity index is 713. The minimum Gasteiger partial charge on any atom is -0.324 e. The van der Waals surface area contributed by atoms with Crippen LogP contribution in [0.5, 0.6) is 0 Å². The molecule has 0 saturated carbocycles. The summed E-state index contributed by atoms with van der Waals surface area (Å²) in [5.74, 6) is -0.382. The predicted molar refractivity (Wildman–Crippen MR) is 80.8 cm³/mol. The normalized spacial score (nSPS) is 10.3. The number of benzene rings is 1. The van der Waals surface area contributed by atoms with Crippen molar-refractivity contribution in [3.05, 3.63) is 62.0 Å². The molecule has 0 aliphatic rings. The van der Waals surface area contributed by atoms with Crippen LogP contribution in [0.3, 0.4) is 0 Å². The zero-order valence-electron chi connectivity index (χ0n) is 10.1. The Kier molecular flexibility index (Phi) is 4.70. The van der Waals surface area contributed by atoms with Crippen LogP contribution in [-0.2, 0) is 11.3 Å². The highest BCUT2D eigenvalue weighted by molar-refractivity contribution is 6.34. The molecule has 2 aromatic rings. The summed E-state index contributed by atoms with van der Waals surface area (Å²) in [7, 11) is 0. The third kappa shape index (κ3) is 3.76. The Morgan fingerprint density at radius 3 is 2.60 bits per heavy atom. The van der Waals surface area contributed by atoms with E-state index in [0.717, 1.165) is 4.57 Å². The summed E-state index contributed by atoms with van der Waals surface area (Å²) in [4.78, 5) is 23.6. The number of halogens is 3. The standard InChI is InChI=1S/C13H9Cl3N2O2/c14-8-2-1-3-10(4-8)17-12(19)7-18-6-9(15)5-11(16)13(18)20/h1-6H,7H2,(H,17,19). The second-order valence-corrected chi connectivity index (χ2v) is 5.28. The number of pyridine rings is 1. The summed E-state index contributed by atoms with van der Waals surface area (Å²) in [5.41, 5.74) is 0.0704. The second kappa shape index (κ2) is 6.31. The first kappa shape index (κ1) is 14.9. The van der Waals surface area contributed by atoms with Gasteiger partial charge in [-0.05, 0) is 24.3 Å². The summed E-state index contributed by atoms with van der Waals surface area (Å²) in [6.07, 6.45) is 1.35. The Balaban J connectivity index is 2.15. The van der Waals surface area contributed by atoms with Gasteiger partial charge in [-0.25, -0.2) is 0 Å². The number of amides is 1. The number of carbonyl (C=O) groups is 1. The topological polar surface area (TPSA) is 51.1 Å². The highest BCUT2D eigenvalue weighted by atomic mass is 35.5. The smallest absolute Gasteiger partial charge is 0.269 e. The Labute approximate surface area is 129 Å². The third-order valence-electron chi connectivity index (χ3n) is 2.43. The number of hydrogen-bond donors (Lipinski definition) is 1. The average Bonchev–Trinajstić information content (AvgIpc) is 2.35. The van der Waals surface area contributed by atoms with Crippen molar-refractivity contribution in [2.45, 2.75) is 6.54 Å². The van der Waals surface area contributed by atoms with Gasteiger partial charge in [-0.3, -0.25) is 9.59 Å². The molecular weight excluding hydrogens is 323 g/mol. The van der Waals surface area contributed by atoms with Gasteiger partial charge >= 0.3 is 0 Å². The lowest BCUT2D eigenvalue weighted by molar-refractivity contribution is -0.116. The quantitative estimate of drug-likeness (QED) is 0.936. The van der Waals surface area contributed by atoms with Gasteiger partial charge in [0.2, 0.25) is 5.91 Å². The molecule has 0 radical (unpaired) electrons. The van der Waals surface area contributed by atoms with Crippen LogP contribution >= 0.6 is 34.8 Å². The van der Waals surface area contributed by atoms with Crippen molar-refractivity contribution in [2.24, 2.45) is 0 Å². The van der Waals surface area contributed by atoms with E-state index < -0.39 is 5.56 Å². The Morgan fingerprint density at radius 2 is 1.90 bits per heavy atom.